The number of aromatic nitrogens is 2. The maximum absolute atomic E-state index is 13.7. The first-order chi connectivity index (χ1) is 9.65. The number of hydrogen-bond acceptors (Lipinski definition) is 1. The van der Waals surface area contributed by atoms with E-state index in [2.05, 4.69) is 5.10 Å². The largest absolute Gasteiger partial charge is 0.239 e. The lowest BCUT2D eigenvalue weighted by Gasteiger charge is -2.04. The molecule has 1 aromatic heterocycles. The SMILES string of the molecule is Fc1ccccc1-c1cnn(-c2ccc(Cl)cc2Cl)c1. The van der Waals surface area contributed by atoms with Crippen molar-refractivity contribution >= 4 is 23.2 Å². The zero-order valence-electron chi connectivity index (χ0n) is 10.2. The summed E-state index contributed by atoms with van der Waals surface area (Å²) in [6.07, 6.45) is 3.33. The van der Waals surface area contributed by atoms with Gasteiger partial charge in [0.25, 0.3) is 0 Å². The number of halogens is 3. The van der Waals surface area contributed by atoms with E-state index in [4.69, 9.17) is 23.2 Å². The summed E-state index contributed by atoms with van der Waals surface area (Å²) < 4.78 is 15.3. The third kappa shape index (κ3) is 2.42. The van der Waals surface area contributed by atoms with E-state index >= 15 is 0 Å². The second kappa shape index (κ2) is 5.27. The molecule has 0 bridgehead atoms. The Morgan fingerprint density at radius 2 is 1.85 bits per heavy atom. The van der Waals surface area contributed by atoms with E-state index in [1.165, 1.54) is 6.07 Å². The van der Waals surface area contributed by atoms with Gasteiger partial charge in [0, 0.05) is 22.3 Å². The lowest BCUT2D eigenvalue weighted by Crippen LogP contribution is -1.94. The molecule has 0 unspecified atom stereocenters. The molecule has 0 radical (unpaired) electrons. The van der Waals surface area contributed by atoms with Gasteiger partial charge < -0.3 is 0 Å². The Balaban J connectivity index is 2.04. The van der Waals surface area contributed by atoms with Crippen molar-refractivity contribution in [3.8, 4) is 16.8 Å². The molecule has 2 nitrogen and oxygen atoms in total. The van der Waals surface area contributed by atoms with Crippen LogP contribution in [-0.4, -0.2) is 9.78 Å². The Kier molecular flexibility index (Phi) is 3.47. The number of hydrogen-bond donors (Lipinski definition) is 0. The first-order valence-corrected chi connectivity index (χ1v) is 6.66. The highest BCUT2D eigenvalue weighted by Crippen LogP contribution is 2.27. The molecule has 0 amide bonds. The van der Waals surface area contributed by atoms with Crippen molar-refractivity contribution in [2.45, 2.75) is 0 Å². The van der Waals surface area contributed by atoms with Crippen molar-refractivity contribution in [3.05, 3.63) is 70.7 Å². The molecule has 2 aromatic carbocycles. The predicted molar refractivity (Wildman–Crippen MR) is 79.0 cm³/mol. The molecule has 0 aliphatic rings. The molecule has 1 heterocycles. The van der Waals surface area contributed by atoms with Gasteiger partial charge in [0.2, 0.25) is 0 Å². The summed E-state index contributed by atoms with van der Waals surface area (Å²) in [5, 5.41) is 5.26. The van der Waals surface area contributed by atoms with Crippen LogP contribution in [0, 0.1) is 5.82 Å². The van der Waals surface area contributed by atoms with Crippen molar-refractivity contribution in [1.29, 1.82) is 0 Å². The van der Waals surface area contributed by atoms with E-state index < -0.39 is 0 Å². The lowest BCUT2D eigenvalue weighted by molar-refractivity contribution is 0.631. The first-order valence-electron chi connectivity index (χ1n) is 5.90. The summed E-state index contributed by atoms with van der Waals surface area (Å²) in [6.45, 7) is 0. The van der Waals surface area contributed by atoms with Crippen LogP contribution in [0.4, 0.5) is 4.39 Å². The van der Waals surface area contributed by atoms with Crippen molar-refractivity contribution in [2.24, 2.45) is 0 Å². The number of benzene rings is 2. The van der Waals surface area contributed by atoms with Gasteiger partial charge >= 0.3 is 0 Å². The summed E-state index contributed by atoms with van der Waals surface area (Å²) in [6, 6.07) is 11.7. The van der Waals surface area contributed by atoms with Crippen molar-refractivity contribution in [2.75, 3.05) is 0 Å². The summed E-state index contributed by atoms with van der Waals surface area (Å²) in [7, 11) is 0. The fourth-order valence-electron chi connectivity index (χ4n) is 1.96. The molecule has 0 saturated heterocycles. The molecule has 20 heavy (non-hydrogen) atoms. The zero-order valence-corrected chi connectivity index (χ0v) is 11.7. The molecular formula is C15H9Cl2FN2. The summed E-state index contributed by atoms with van der Waals surface area (Å²) in [4.78, 5) is 0. The van der Waals surface area contributed by atoms with Crippen LogP contribution in [0.15, 0.2) is 54.9 Å². The van der Waals surface area contributed by atoms with Crippen LogP contribution in [0.2, 0.25) is 10.0 Å². The maximum atomic E-state index is 13.7. The normalized spacial score (nSPS) is 10.8. The Morgan fingerprint density at radius 1 is 1.05 bits per heavy atom. The summed E-state index contributed by atoms with van der Waals surface area (Å²) >= 11 is 12.0. The lowest BCUT2D eigenvalue weighted by atomic mass is 10.1. The third-order valence-electron chi connectivity index (χ3n) is 2.92. The first kappa shape index (κ1) is 13.2. The monoisotopic (exact) mass is 306 g/mol. The van der Waals surface area contributed by atoms with Gasteiger partial charge in [-0.05, 0) is 24.3 Å². The molecule has 0 fully saturated rings. The average Bonchev–Trinajstić information content (AvgIpc) is 2.88. The molecule has 0 saturated carbocycles. The van der Waals surface area contributed by atoms with Crippen molar-refractivity contribution in [3.63, 3.8) is 0 Å². The van der Waals surface area contributed by atoms with Crippen LogP contribution in [0.3, 0.4) is 0 Å². The van der Waals surface area contributed by atoms with E-state index in [9.17, 15) is 4.39 Å². The molecule has 5 heteroatoms. The molecular weight excluding hydrogens is 298 g/mol. The minimum absolute atomic E-state index is 0.283. The fraction of sp³-hybridized carbons (Fsp3) is 0. The Labute approximate surface area is 125 Å². The van der Waals surface area contributed by atoms with Gasteiger partial charge in [0.1, 0.15) is 5.82 Å². The van der Waals surface area contributed by atoms with Crippen molar-refractivity contribution in [1.82, 2.24) is 9.78 Å². The molecule has 0 aliphatic heterocycles. The highest BCUT2D eigenvalue weighted by atomic mass is 35.5. The van der Waals surface area contributed by atoms with E-state index in [0.717, 1.165) is 0 Å². The van der Waals surface area contributed by atoms with E-state index in [1.54, 1.807) is 53.5 Å². The van der Waals surface area contributed by atoms with Gasteiger partial charge in [0.05, 0.1) is 16.9 Å². The van der Waals surface area contributed by atoms with Gasteiger partial charge in [-0.1, -0.05) is 41.4 Å². The van der Waals surface area contributed by atoms with Crippen LogP contribution >= 0.6 is 23.2 Å². The van der Waals surface area contributed by atoms with Crippen LogP contribution in [0.5, 0.6) is 0 Å². The standard InChI is InChI=1S/C15H9Cl2FN2/c16-11-5-6-15(13(17)7-11)20-9-10(8-19-20)12-3-1-2-4-14(12)18/h1-9H. The number of rotatable bonds is 2. The number of nitrogens with zero attached hydrogens (tertiary/aromatic N) is 2. The maximum Gasteiger partial charge on any atom is 0.131 e. The molecule has 3 rings (SSSR count). The quantitative estimate of drug-likeness (QED) is 0.652. The van der Waals surface area contributed by atoms with Gasteiger partial charge in [-0.25, -0.2) is 9.07 Å². The minimum Gasteiger partial charge on any atom is -0.239 e. The van der Waals surface area contributed by atoms with Crippen LogP contribution in [0.25, 0.3) is 16.8 Å². The molecule has 100 valence electrons. The molecule has 0 N–H and O–H groups in total. The smallest absolute Gasteiger partial charge is 0.131 e. The molecule has 0 aliphatic carbocycles. The Morgan fingerprint density at radius 3 is 2.60 bits per heavy atom. The third-order valence-corrected chi connectivity index (χ3v) is 3.46. The predicted octanol–water partition coefficient (Wildman–Crippen LogP) is 4.99. The van der Waals surface area contributed by atoms with Crippen LogP contribution in [-0.2, 0) is 0 Å². The summed E-state index contributed by atoms with van der Waals surface area (Å²) in [5.74, 6) is -0.283. The van der Waals surface area contributed by atoms with Gasteiger partial charge in [0.15, 0.2) is 0 Å². The molecule has 0 atom stereocenters. The Bertz CT molecular complexity index is 768. The molecule has 0 spiro atoms. The van der Waals surface area contributed by atoms with Gasteiger partial charge in [-0.3, -0.25) is 0 Å². The van der Waals surface area contributed by atoms with Crippen molar-refractivity contribution < 1.29 is 4.39 Å². The summed E-state index contributed by atoms with van der Waals surface area (Å²) in [5.41, 5.74) is 1.89. The van der Waals surface area contributed by atoms with E-state index in [1.807, 2.05) is 0 Å². The fourth-order valence-corrected chi connectivity index (χ4v) is 2.45. The Hall–Kier alpha value is -1.84. The average molecular weight is 307 g/mol. The second-order valence-electron chi connectivity index (χ2n) is 4.25. The van der Waals surface area contributed by atoms with E-state index in [-0.39, 0.29) is 5.82 Å². The van der Waals surface area contributed by atoms with E-state index in [0.29, 0.717) is 26.9 Å². The van der Waals surface area contributed by atoms with Crippen LogP contribution in [0.1, 0.15) is 0 Å². The zero-order chi connectivity index (χ0) is 14.1. The highest BCUT2D eigenvalue weighted by molar-refractivity contribution is 6.35. The minimum atomic E-state index is -0.283. The van der Waals surface area contributed by atoms with Gasteiger partial charge in [-0.15, -0.1) is 0 Å². The van der Waals surface area contributed by atoms with Gasteiger partial charge in [-0.2, -0.15) is 5.10 Å². The topological polar surface area (TPSA) is 17.8 Å². The highest BCUT2D eigenvalue weighted by Gasteiger charge is 2.09. The van der Waals surface area contributed by atoms with Crippen LogP contribution < -0.4 is 0 Å². The molecule has 3 aromatic rings. The second-order valence-corrected chi connectivity index (χ2v) is 5.09.